The molecule has 21 heavy (non-hydrogen) atoms. The number of halogens is 1. The standard InChI is InChI=1S/C16H18FNO3/c1-3-21-16(20)11-15(18-12(2)19)6-4-5-13-7-9-14(17)10-8-13/h7-10,15H,3,6,11H2,1-2H3,(H,18,19)/t15-/m0/s1. The van der Waals surface area contributed by atoms with E-state index in [-0.39, 0.29) is 24.1 Å². The van der Waals surface area contributed by atoms with Gasteiger partial charge in [0, 0.05) is 18.9 Å². The number of nitrogens with one attached hydrogen (secondary N) is 1. The Labute approximate surface area is 123 Å². The van der Waals surface area contributed by atoms with Crippen LogP contribution in [0.25, 0.3) is 0 Å². The molecule has 1 N–H and O–H groups in total. The monoisotopic (exact) mass is 291 g/mol. The highest BCUT2D eigenvalue weighted by Crippen LogP contribution is 2.03. The van der Waals surface area contributed by atoms with Gasteiger partial charge in [0.2, 0.25) is 5.91 Å². The van der Waals surface area contributed by atoms with Gasteiger partial charge in [0.05, 0.1) is 19.1 Å². The topological polar surface area (TPSA) is 55.4 Å². The number of ether oxygens (including phenoxy) is 1. The Morgan fingerprint density at radius 2 is 2.00 bits per heavy atom. The average Bonchev–Trinajstić information content (AvgIpc) is 2.40. The molecule has 1 aromatic rings. The zero-order valence-electron chi connectivity index (χ0n) is 12.1. The summed E-state index contributed by atoms with van der Waals surface area (Å²) in [5, 5.41) is 2.66. The van der Waals surface area contributed by atoms with E-state index in [1.165, 1.54) is 19.1 Å². The Morgan fingerprint density at radius 3 is 2.57 bits per heavy atom. The van der Waals surface area contributed by atoms with Gasteiger partial charge in [-0.15, -0.1) is 0 Å². The van der Waals surface area contributed by atoms with Gasteiger partial charge in [-0.25, -0.2) is 4.39 Å². The van der Waals surface area contributed by atoms with Crippen LogP contribution in [0, 0.1) is 17.7 Å². The summed E-state index contributed by atoms with van der Waals surface area (Å²) in [6.45, 7) is 3.40. The van der Waals surface area contributed by atoms with Gasteiger partial charge in [-0.2, -0.15) is 0 Å². The summed E-state index contributed by atoms with van der Waals surface area (Å²) in [5.74, 6) is 4.82. The predicted molar refractivity (Wildman–Crippen MR) is 76.7 cm³/mol. The van der Waals surface area contributed by atoms with Crippen molar-refractivity contribution in [3.63, 3.8) is 0 Å². The molecule has 0 saturated carbocycles. The van der Waals surface area contributed by atoms with Crippen molar-refractivity contribution in [3.05, 3.63) is 35.6 Å². The minimum Gasteiger partial charge on any atom is -0.466 e. The molecule has 0 unspecified atom stereocenters. The van der Waals surface area contributed by atoms with Gasteiger partial charge in [0.1, 0.15) is 5.82 Å². The van der Waals surface area contributed by atoms with Crippen molar-refractivity contribution in [1.82, 2.24) is 5.32 Å². The number of hydrogen-bond acceptors (Lipinski definition) is 3. The normalized spacial score (nSPS) is 11.0. The third kappa shape index (κ3) is 7.11. The second kappa shape index (κ2) is 8.75. The zero-order valence-corrected chi connectivity index (χ0v) is 12.1. The second-order valence-electron chi connectivity index (χ2n) is 4.42. The van der Waals surface area contributed by atoms with Gasteiger partial charge in [-0.1, -0.05) is 11.8 Å². The lowest BCUT2D eigenvalue weighted by molar-refractivity contribution is -0.143. The minimum absolute atomic E-state index is 0.0749. The number of carbonyl (C=O) groups excluding carboxylic acids is 2. The van der Waals surface area contributed by atoms with E-state index >= 15 is 0 Å². The molecule has 0 aliphatic rings. The van der Waals surface area contributed by atoms with Crippen molar-refractivity contribution in [2.24, 2.45) is 0 Å². The fourth-order valence-electron chi connectivity index (χ4n) is 1.69. The molecule has 0 heterocycles. The second-order valence-corrected chi connectivity index (χ2v) is 4.42. The summed E-state index contributed by atoms with van der Waals surface area (Å²) >= 11 is 0. The Balaban J connectivity index is 2.62. The highest BCUT2D eigenvalue weighted by atomic mass is 19.1. The summed E-state index contributed by atoms with van der Waals surface area (Å²) in [6, 6.07) is 5.40. The van der Waals surface area contributed by atoms with Gasteiger partial charge >= 0.3 is 5.97 Å². The van der Waals surface area contributed by atoms with E-state index in [0.717, 1.165) is 0 Å². The van der Waals surface area contributed by atoms with E-state index in [9.17, 15) is 14.0 Å². The Hall–Kier alpha value is -2.35. The number of hydrogen-bond donors (Lipinski definition) is 1. The molecule has 1 aromatic carbocycles. The van der Waals surface area contributed by atoms with Gasteiger partial charge in [-0.05, 0) is 31.2 Å². The van der Waals surface area contributed by atoms with E-state index in [1.807, 2.05) is 0 Å². The van der Waals surface area contributed by atoms with Crippen molar-refractivity contribution >= 4 is 11.9 Å². The highest BCUT2D eigenvalue weighted by Gasteiger charge is 2.14. The molecule has 0 radical (unpaired) electrons. The fraction of sp³-hybridized carbons (Fsp3) is 0.375. The van der Waals surface area contributed by atoms with Crippen LogP contribution < -0.4 is 5.32 Å². The Bertz CT molecular complexity index is 543. The van der Waals surface area contributed by atoms with Crippen molar-refractivity contribution in [1.29, 1.82) is 0 Å². The summed E-state index contributed by atoms with van der Waals surface area (Å²) < 4.78 is 17.6. The molecule has 1 amide bonds. The number of rotatable bonds is 5. The van der Waals surface area contributed by atoms with Gasteiger partial charge in [0.15, 0.2) is 0 Å². The number of benzene rings is 1. The lowest BCUT2D eigenvalue weighted by Crippen LogP contribution is -2.35. The maximum atomic E-state index is 12.7. The van der Waals surface area contributed by atoms with Crippen LogP contribution in [-0.4, -0.2) is 24.5 Å². The first-order valence-electron chi connectivity index (χ1n) is 6.68. The molecule has 112 valence electrons. The minimum atomic E-state index is -0.394. The van der Waals surface area contributed by atoms with Crippen molar-refractivity contribution in [3.8, 4) is 11.8 Å². The first kappa shape index (κ1) is 16.7. The van der Waals surface area contributed by atoms with Crippen molar-refractivity contribution in [2.75, 3.05) is 6.61 Å². The van der Waals surface area contributed by atoms with Gasteiger partial charge in [-0.3, -0.25) is 9.59 Å². The van der Waals surface area contributed by atoms with Gasteiger partial charge < -0.3 is 10.1 Å². The number of amides is 1. The van der Waals surface area contributed by atoms with E-state index in [4.69, 9.17) is 4.74 Å². The SMILES string of the molecule is CCOC(=O)C[C@H](CC#Cc1ccc(F)cc1)NC(C)=O. The molecule has 0 bridgehead atoms. The van der Waals surface area contributed by atoms with Gasteiger partial charge in [0.25, 0.3) is 0 Å². The molecular formula is C16H18FNO3. The first-order chi connectivity index (χ1) is 10.0. The van der Waals surface area contributed by atoms with Crippen LogP contribution >= 0.6 is 0 Å². The van der Waals surface area contributed by atoms with Crippen LogP contribution in [-0.2, 0) is 14.3 Å². The Morgan fingerprint density at radius 1 is 1.33 bits per heavy atom. The van der Waals surface area contributed by atoms with Crippen LogP contribution in [0.1, 0.15) is 32.3 Å². The molecule has 0 saturated heterocycles. The maximum Gasteiger partial charge on any atom is 0.307 e. The third-order valence-corrected chi connectivity index (χ3v) is 2.55. The molecule has 1 atom stereocenters. The van der Waals surface area contributed by atoms with Crippen LogP contribution in [0.3, 0.4) is 0 Å². The van der Waals surface area contributed by atoms with Crippen molar-refractivity contribution in [2.45, 2.75) is 32.7 Å². The molecular weight excluding hydrogens is 273 g/mol. The summed E-state index contributed by atoms with van der Waals surface area (Å²) in [7, 11) is 0. The highest BCUT2D eigenvalue weighted by molar-refractivity contribution is 5.75. The maximum absolute atomic E-state index is 12.7. The molecule has 0 aliphatic carbocycles. The van der Waals surface area contributed by atoms with E-state index in [0.29, 0.717) is 18.6 Å². The third-order valence-electron chi connectivity index (χ3n) is 2.55. The molecule has 1 rings (SSSR count). The zero-order chi connectivity index (χ0) is 15.7. The smallest absolute Gasteiger partial charge is 0.307 e. The van der Waals surface area contributed by atoms with Crippen LogP contribution in [0.15, 0.2) is 24.3 Å². The van der Waals surface area contributed by atoms with Crippen LogP contribution in [0.2, 0.25) is 0 Å². The lowest BCUT2D eigenvalue weighted by atomic mass is 10.1. The van der Waals surface area contributed by atoms with E-state index in [1.54, 1.807) is 19.1 Å². The molecule has 0 fully saturated rings. The summed E-state index contributed by atoms with van der Waals surface area (Å²) in [6.07, 6.45) is 0.390. The number of esters is 1. The quantitative estimate of drug-likeness (QED) is 0.667. The number of carbonyl (C=O) groups is 2. The molecule has 0 aromatic heterocycles. The fourth-order valence-corrected chi connectivity index (χ4v) is 1.69. The van der Waals surface area contributed by atoms with Crippen molar-refractivity contribution < 1.29 is 18.7 Å². The first-order valence-corrected chi connectivity index (χ1v) is 6.68. The molecule has 4 nitrogen and oxygen atoms in total. The predicted octanol–water partition coefficient (Wildman–Crippen LogP) is 2.03. The Kier molecular flexibility index (Phi) is 6.96. The molecule has 0 aliphatic heterocycles. The lowest BCUT2D eigenvalue weighted by Gasteiger charge is -2.13. The van der Waals surface area contributed by atoms with Crippen LogP contribution in [0.5, 0.6) is 0 Å². The summed E-state index contributed by atoms with van der Waals surface area (Å²) in [4.78, 5) is 22.6. The van der Waals surface area contributed by atoms with Crippen LogP contribution in [0.4, 0.5) is 4.39 Å². The van der Waals surface area contributed by atoms with E-state index < -0.39 is 6.04 Å². The summed E-state index contributed by atoms with van der Waals surface area (Å²) in [5.41, 5.74) is 0.675. The molecule has 0 spiro atoms. The average molecular weight is 291 g/mol. The van der Waals surface area contributed by atoms with E-state index in [2.05, 4.69) is 17.2 Å². The molecule has 5 heteroatoms. The largest absolute Gasteiger partial charge is 0.466 e.